The van der Waals surface area contributed by atoms with Crippen molar-refractivity contribution in [1.82, 2.24) is 25.5 Å². The highest BCUT2D eigenvalue weighted by atomic mass is 32.2. The van der Waals surface area contributed by atoms with Crippen LogP contribution in [0.2, 0.25) is 0 Å². The van der Waals surface area contributed by atoms with Gasteiger partial charge >= 0.3 is 0 Å². The van der Waals surface area contributed by atoms with Crippen molar-refractivity contribution in [3.8, 4) is 0 Å². The number of halogens is 1. The summed E-state index contributed by atoms with van der Waals surface area (Å²) in [6.07, 6.45) is 4.73. The smallest absolute Gasteiger partial charge is 0.214 e. The maximum Gasteiger partial charge on any atom is 0.214 e. The van der Waals surface area contributed by atoms with Crippen molar-refractivity contribution in [3.05, 3.63) is 29.6 Å². The highest BCUT2D eigenvalue weighted by molar-refractivity contribution is 7.99. The highest BCUT2D eigenvalue weighted by Crippen LogP contribution is 2.35. The van der Waals surface area contributed by atoms with Gasteiger partial charge in [-0.2, -0.15) is 0 Å². The van der Waals surface area contributed by atoms with Crippen molar-refractivity contribution in [2.75, 3.05) is 7.05 Å². The van der Waals surface area contributed by atoms with Crippen LogP contribution < -0.4 is 5.32 Å². The number of hydrogen-bond acceptors (Lipinski definition) is 5. The summed E-state index contributed by atoms with van der Waals surface area (Å²) in [5.41, 5.74) is 0.920. The van der Waals surface area contributed by atoms with Crippen LogP contribution in [-0.4, -0.2) is 27.3 Å². The molecule has 1 aromatic carbocycles. The van der Waals surface area contributed by atoms with E-state index in [0.717, 1.165) is 28.5 Å². The molecule has 0 radical (unpaired) electrons. The molecular weight excluding hydrogens is 289 g/mol. The number of aromatic nitrogens is 4. The number of rotatable bonds is 5. The standard InChI is InChI=1S/C14H18FN5S/c1-16-9-10-8-11(15)6-7-13(10)21-14-17-18-19-20(14)12-4-2-3-5-12/h6-8,12,16H,2-5,9H2,1H3. The lowest BCUT2D eigenvalue weighted by Crippen LogP contribution is -2.09. The topological polar surface area (TPSA) is 55.6 Å². The molecular formula is C14H18FN5S. The van der Waals surface area contributed by atoms with E-state index in [1.165, 1.54) is 30.7 Å². The van der Waals surface area contributed by atoms with Crippen LogP contribution in [0.3, 0.4) is 0 Å². The average molecular weight is 307 g/mol. The van der Waals surface area contributed by atoms with Crippen LogP contribution in [0.15, 0.2) is 28.3 Å². The molecule has 1 heterocycles. The zero-order valence-corrected chi connectivity index (χ0v) is 12.7. The van der Waals surface area contributed by atoms with Crippen LogP contribution in [0.25, 0.3) is 0 Å². The van der Waals surface area contributed by atoms with Crippen molar-refractivity contribution in [2.24, 2.45) is 0 Å². The van der Waals surface area contributed by atoms with Crippen molar-refractivity contribution in [1.29, 1.82) is 0 Å². The molecule has 1 N–H and O–H groups in total. The Kier molecular flexibility index (Phi) is 4.50. The lowest BCUT2D eigenvalue weighted by atomic mass is 10.2. The fourth-order valence-corrected chi connectivity index (χ4v) is 3.66. The molecule has 1 aliphatic carbocycles. The van der Waals surface area contributed by atoms with Crippen molar-refractivity contribution < 1.29 is 4.39 Å². The van der Waals surface area contributed by atoms with E-state index in [1.807, 2.05) is 11.7 Å². The third kappa shape index (κ3) is 3.24. The highest BCUT2D eigenvalue weighted by Gasteiger charge is 2.22. The molecule has 0 unspecified atom stereocenters. The molecule has 0 spiro atoms. The second-order valence-corrected chi connectivity index (χ2v) is 6.24. The van der Waals surface area contributed by atoms with E-state index >= 15 is 0 Å². The van der Waals surface area contributed by atoms with E-state index in [4.69, 9.17) is 0 Å². The summed E-state index contributed by atoms with van der Waals surface area (Å²) < 4.78 is 15.3. The zero-order chi connectivity index (χ0) is 14.7. The first-order chi connectivity index (χ1) is 10.3. The number of nitrogens with zero attached hydrogens (tertiary/aromatic N) is 4. The molecule has 3 rings (SSSR count). The van der Waals surface area contributed by atoms with Crippen LogP contribution in [-0.2, 0) is 6.54 Å². The van der Waals surface area contributed by atoms with Gasteiger partial charge in [0.05, 0.1) is 6.04 Å². The van der Waals surface area contributed by atoms with Gasteiger partial charge in [-0.3, -0.25) is 0 Å². The minimum Gasteiger partial charge on any atom is -0.316 e. The van der Waals surface area contributed by atoms with Gasteiger partial charge in [0.2, 0.25) is 5.16 Å². The van der Waals surface area contributed by atoms with Gasteiger partial charge in [0.25, 0.3) is 0 Å². The SMILES string of the molecule is CNCc1cc(F)ccc1Sc1nnnn1C1CCCC1. The Hall–Kier alpha value is -1.47. The summed E-state index contributed by atoms with van der Waals surface area (Å²) in [6, 6.07) is 5.23. The number of benzene rings is 1. The van der Waals surface area contributed by atoms with Gasteiger partial charge < -0.3 is 5.32 Å². The van der Waals surface area contributed by atoms with Crippen molar-refractivity contribution in [2.45, 2.75) is 48.3 Å². The first-order valence-electron chi connectivity index (χ1n) is 7.16. The largest absolute Gasteiger partial charge is 0.316 e. The Bertz CT molecular complexity index is 609. The van der Waals surface area contributed by atoms with E-state index in [0.29, 0.717) is 12.6 Å². The van der Waals surface area contributed by atoms with E-state index in [2.05, 4.69) is 20.8 Å². The number of nitrogens with one attached hydrogen (secondary N) is 1. The predicted octanol–water partition coefficient (Wildman–Crippen LogP) is 2.80. The second-order valence-electron chi connectivity index (χ2n) is 5.23. The average Bonchev–Trinajstić information content (AvgIpc) is 3.13. The normalized spacial score (nSPS) is 15.7. The summed E-state index contributed by atoms with van der Waals surface area (Å²) in [5.74, 6) is -0.222. The molecule has 1 saturated carbocycles. The van der Waals surface area contributed by atoms with Crippen molar-refractivity contribution in [3.63, 3.8) is 0 Å². The molecule has 21 heavy (non-hydrogen) atoms. The maximum atomic E-state index is 13.4. The van der Waals surface area contributed by atoms with Gasteiger partial charge in [0.1, 0.15) is 5.82 Å². The lowest BCUT2D eigenvalue weighted by Gasteiger charge is -2.12. The first kappa shape index (κ1) is 14.5. The Balaban J connectivity index is 1.85. The molecule has 0 aliphatic heterocycles. The summed E-state index contributed by atoms with van der Waals surface area (Å²) in [4.78, 5) is 0.986. The molecule has 112 valence electrons. The van der Waals surface area contributed by atoms with Gasteiger partial charge in [-0.05, 0) is 65.8 Å². The molecule has 1 aliphatic rings. The predicted molar refractivity (Wildman–Crippen MR) is 78.6 cm³/mol. The first-order valence-corrected chi connectivity index (χ1v) is 7.98. The van der Waals surface area contributed by atoms with Gasteiger partial charge in [-0.15, -0.1) is 5.10 Å². The monoisotopic (exact) mass is 307 g/mol. The van der Waals surface area contributed by atoms with E-state index < -0.39 is 0 Å². The summed E-state index contributed by atoms with van der Waals surface area (Å²) in [5, 5.41) is 15.9. The van der Waals surface area contributed by atoms with Gasteiger partial charge in [-0.1, -0.05) is 12.8 Å². The van der Waals surface area contributed by atoms with Crippen molar-refractivity contribution >= 4 is 11.8 Å². The summed E-state index contributed by atoms with van der Waals surface area (Å²) in [6.45, 7) is 0.616. The molecule has 0 saturated heterocycles. The summed E-state index contributed by atoms with van der Waals surface area (Å²) in [7, 11) is 1.85. The molecule has 0 atom stereocenters. The number of tetrazole rings is 1. The Labute approximate surface area is 127 Å². The Morgan fingerprint density at radius 2 is 2.19 bits per heavy atom. The molecule has 5 nitrogen and oxygen atoms in total. The van der Waals surface area contributed by atoms with Gasteiger partial charge in [0.15, 0.2) is 0 Å². The third-order valence-corrected chi connectivity index (χ3v) is 4.79. The molecule has 7 heteroatoms. The van der Waals surface area contributed by atoms with Crippen LogP contribution in [0, 0.1) is 5.82 Å². The van der Waals surface area contributed by atoms with E-state index in [9.17, 15) is 4.39 Å². The van der Waals surface area contributed by atoms with E-state index in [-0.39, 0.29) is 5.82 Å². The van der Waals surface area contributed by atoms with Crippen LogP contribution in [0.1, 0.15) is 37.3 Å². The maximum absolute atomic E-state index is 13.4. The van der Waals surface area contributed by atoms with Crippen LogP contribution in [0.4, 0.5) is 4.39 Å². The Morgan fingerprint density at radius 3 is 2.95 bits per heavy atom. The lowest BCUT2D eigenvalue weighted by molar-refractivity contribution is 0.423. The van der Waals surface area contributed by atoms with Gasteiger partial charge in [-0.25, -0.2) is 9.07 Å². The quantitative estimate of drug-likeness (QED) is 0.920. The summed E-state index contributed by atoms with van der Waals surface area (Å²) >= 11 is 1.50. The fraction of sp³-hybridized carbons (Fsp3) is 0.500. The van der Waals surface area contributed by atoms with Gasteiger partial charge in [0, 0.05) is 11.4 Å². The zero-order valence-electron chi connectivity index (χ0n) is 11.9. The second kappa shape index (κ2) is 6.53. The third-order valence-electron chi connectivity index (χ3n) is 3.72. The minimum atomic E-state index is -0.222. The Morgan fingerprint density at radius 1 is 1.38 bits per heavy atom. The number of hydrogen-bond donors (Lipinski definition) is 1. The molecule has 1 aromatic heterocycles. The molecule has 1 fully saturated rings. The molecule has 0 bridgehead atoms. The van der Waals surface area contributed by atoms with E-state index in [1.54, 1.807) is 12.1 Å². The van der Waals surface area contributed by atoms with Crippen LogP contribution >= 0.6 is 11.8 Å². The molecule has 0 amide bonds. The fourth-order valence-electron chi connectivity index (χ4n) is 2.71. The van der Waals surface area contributed by atoms with Crippen LogP contribution in [0.5, 0.6) is 0 Å². The molecule has 2 aromatic rings. The minimum absolute atomic E-state index is 0.222.